The van der Waals surface area contributed by atoms with Crippen LogP contribution in [0.5, 0.6) is 0 Å². The molecule has 0 radical (unpaired) electrons. The molecule has 1 fully saturated rings. The molecular weight excluding hydrogens is 270 g/mol. The van der Waals surface area contributed by atoms with E-state index in [-0.39, 0.29) is 23.2 Å². The Hall–Kier alpha value is -2.11. The third-order valence-corrected chi connectivity index (χ3v) is 4.22. The molecule has 0 bridgehead atoms. The standard InChI is InChI=1S/C15H21N3O3/c1-10-4-3-5-12(8-10)17(2)15(19)13-9-11(16)6-7-14(13)18(20)21/h6-7,9-10,12H,3-5,8,16H2,1-2H3. The molecule has 0 spiro atoms. The molecule has 2 unspecified atom stereocenters. The molecule has 21 heavy (non-hydrogen) atoms. The SMILES string of the molecule is CC1CCCC(N(C)C(=O)c2cc(N)ccc2[N+](=O)[O-])C1. The Kier molecular flexibility index (Phi) is 4.45. The normalized spacial score (nSPS) is 21.8. The summed E-state index contributed by atoms with van der Waals surface area (Å²) in [5, 5.41) is 11.1. The van der Waals surface area contributed by atoms with Crippen LogP contribution in [0.3, 0.4) is 0 Å². The molecule has 6 nitrogen and oxygen atoms in total. The number of anilines is 1. The Balaban J connectivity index is 2.26. The molecule has 0 aromatic heterocycles. The number of nitrogens with zero attached hydrogens (tertiary/aromatic N) is 2. The molecule has 1 aromatic rings. The molecule has 2 atom stereocenters. The third kappa shape index (κ3) is 3.32. The Bertz CT molecular complexity index is 559. The fourth-order valence-corrected chi connectivity index (χ4v) is 2.99. The van der Waals surface area contributed by atoms with E-state index in [2.05, 4.69) is 6.92 Å². The fraction of sp³-hybridized carbons (Fsp3) is 0.533. The largest absolute Gasteiger partial charge is 0.399 e. The molecule has 0 saturated heterocycles. The monoisotopic (exact) mass is 291 g/mol. The van der Waals surface area contributed by atoms with Crippen molar-refractivity contribution in [2.45, 2.75) is 38.6 Å². The minimum Gasteiger partial charge on any atom is -0.399 e. The van der Waals surface area contributed by atoms with E-state index >= 15 is 0 Å². The highest BCUT2D eigenvalue weighted by Crippen LogP contribution is 2.29. The van der Waals surface area contributed by atoms with Crippen LogP contribution < -0.4 is 5.73 Å². The Morgan fingerprint density at radius 3 is 2.76 bits per heavy atom. The third-order valence-electron chi connectivity index (χ3n) is 4.22. The number of hydrogen-bond donors (Lipinski definition) is 1. The number of carbonyl (C=O) groups excluding carboxylic acids is 1. The summed E-state index contributed by atoms with van der Waals surface area (Å²) in [4.78, 5) is 24.8. The van der Waals surface area contributed by atoms with E-state index in [9.17, 15) is 14.9 Å². The second-order valence-electron chi connectivity index (χ2n) is 5.88. The predicted octanol–water partition coefficient (Wildman–Crippen LogP) is 2.83. The molecule has 1 aliphatic carbocycles. The van der Waals surface area contributed by atoms with Crippen molar-refractivity contribution in [2.75, 3.05) is 12.8 Å². The van der Waals surface area contributed by atoms with Crippen molar-refractivity contribution in [3.05, 3.63) is 33.9 Å². The zero-order chi connectivity index (χ0) is 15.6. The lowest BCUT2D eigenvalue weighted by Gasteiger charge is -2.34. The van der Waals surface area contributed by atoms with Gasteiger partial charge in [0.1, 0.15) is 5.56 Å². The molecule has 2 rings (SSSR count). The summed E-state index contributed by atoms with van der Waals surface area (Å²) in [6, 6.07) is 4.27. The van der Waals surface area contributed by atoms with Crippen LogP contribution in [0.2, 0.25) is 0 Å². The molecule has 0 heterocycles. The first kappa shape index (κ1) is 15.3. The summed E-state index contributed by atoms with van der Waals surface area (Å²) in [6.45, 7) is 2.17. The highest BCUT2D eigenvalue weighted by Gasteiger charge is 2.29. The minimum absolute atomic E-state index is 0.0701. The Morgan fingerprint density at radius 1 is 1.43 bits per heavy atom. The molecule has 1 aliphatic rings. The maximum Gasteiger partial charge on any atom is 0.282 e. The number of nitrogen functional groups attached to an aromatic ring is 1. The number of nitro groups is 1. The predicted molar refractivity (Wildman–Crippen MR) is 81.0 cm³/mol. The summed E-state index contributed by atoms with van der Waals surface area (Å²) >= 11 is 0. The van der Waals surface area contributed by atoms with Crippen LogP contribution in [0, 0.1) is 16.0 Å². The van der Waals surface area contributed by atoms with Gasteiger partial charge >= 0.3 is 0 Å². The van der Waals surface area contributed by atoms with Crippen LogP contribution in [0.15, 0.2) is 18.2 Å². The molecule has 0 aliphatic heterocycles. The zero-order valence-corrected chi connectivity index (χ0v) is 12.4. The van der Waals surface area contributed by atoms with E-state index in [0.717, 1.165) is 19.3 Å². The van der Waals surface area contributed by atoms with Crippen molar-refractivity contribution in [1.82, 2.24) is 4.90 Å². The summed E-state index contributed by atoms with van der Waals surface area (Å²) in [6.07, 6.45) is 4.15. The number of rotatable bonds is 3. The molecule has 6 heteroatoms. The van der Waals surface area contributed by atoms with Crippen molar-refractivity contribution in [1.29, 1.82) is 0 Å². The van der Waals surface area contributed by atoms with Crippen molar-refractivity contribution < 1.29 is 9.72 Å². The Morgan fingerprint density at radius 2 is 2.14 bits per heavy atom. The summed E-state index contributed by atoms with van der Waals surface area (Å²) in [7, 11) is 1.72. The number of hydrogen-bond acceptors (Lipinski definition) is 4. The second-order valence-corrected chi connectivity index (χ2v) is 5.88. The van der Waals surface area contributed by atoms with E-state index in [1.54, 1.807) is 11.9 Å². The average Bonchev–Trinajstić information content (AvgIpc) is 2.45. The van der Waals surface area contributed by atoms with Crippen LogP contribution in [-0.4, -0.2) is 28.8 Å². The lowest BCUT2D eigenvalue weighted by Crippen LogP contribution is -2.40. The first-order chi connectivity index (χ1) is 9.90. The van der Waals surface area contributed by atoms with Crippen LogP contribution in [-0.2, 0) is 0 Å². The average molecular weight is 291 g/mol. The van der Waals surface area contributed by atoms with Gasteiger partial charge in [0, 0.05) is 24.8 Å². The molecular formula is C15H21N3O3. The summed E-state index contributed by atoms with van der Waals surface area (Å²) < 4.78 is 0. The van der Waals surface area contributed by atoms with Gasteiger partial charge in [-0.2, -0.15) is 0 Å². The molecule has 114 valence electrons. The van der Waals surface area contributed by atoms with Gasteiger partial charge in [0.15, 0.2) is 0 Å². The van der Waals surface area contributed by atoms with Gasteiger partial charge in [0.25, 0.3) is 11.6 Å². The van der Waals surface area contributed by atoms with E-state index in [0.29, 0.717) is 11.6 Å². The zero-order valence-electron chi connectivity index (χ0n) is 12.4. The van der Waals surface area contributed by atoms with E-state index in [4.69, 9.17) is 5.73 Å². The lowest BCUT2D eigenvalue weighted by atomic mass is 9.86. The summed E-state index contributed by atoms with van der Waals surface area (Å²) in [5.74, 6) is 0.253. The van der Waals surface area contributed by atoms with Gasteiger partial charge in [0.05, 0.1) is 4.92 Å². The number of nitrogens with two attached hydrogens (primary N) is 1. The van der Waals surface area contributed by atoms with Crippen LogP contribution in [0.1, 0.15) is 43.0 Å². The first-order valence-corrected chi connectivity index (χ1v) is 7.21. The maximum absolute atomic E-state index is 12.6. The summed E-state index contributed by atoms with van der Waals surface area (Å²) in [5.41, 5.74) is 5.91. The van der Waals surface area contributed by atoms with Gasteiger partial charge in [0.2, 0.25) is 0 Å². The van der Waals surface area contributed by atoms with Gasteiger partial charge in [-0.1, -0.05) is 19.8 Å². The topological polar surface area (TPSA) is 89.5 Å². The number of nitro benzene ring substituents is 1. The molecule has 2 N–H and O–H groups in total. The number of amides is 1. The van der Waals surface area contributed by atoms with E-state index in [1.165, 1.54) is 24.6 Å². The highest BCUT2D eigenvalue weighted by atomic mass is 16.6. The highest BCUT2D eigenvalue weighted by molar-refractivity contribution is 5.99. The molecule has 1 aromatic carbocycles. The van der Waals surface area contributed by atoms with Gasteiger partial charge in [-0.15, -0.1) is 0 Å². The van der Waals surface area contributed by atoms with Crippen LogP contribution >= 0.6 is 0 Å². The van der Waals surface area contributed by atoms with Crippen LogP contribution in [0.4, 0.5) is 11.4 Å². The van der Waals surface area contributed by atoms with Crippen molar-refractivity contribution >= 4 is 17.3 Å². The van der Waals surface area contributed by atoms with Gasteiger partial charge in [-0.3, -0.25) is 14.9 Å². The van der Waals surface area contributed by atoms with Crippen molar-refractivity contribution in [3.8, 4) is 0 Å². The quantitative estimate of drug-likeness (QED) is 0.527. The molecule has 1 amide bonds. The van der Waals surface area contributed by atoms with E-state index in [1.807, 2.05) is 0 Å². The fourth-order valence-electron chi connectivity index (χ4n) is 2.99. The van der Waals surface area contributed by atoms with E-state index < -0.39 is 4.92 Å². The molecule has 1 saturated carbocycles. The smallest absolute Gasteiger partial charge is 0.282 e. The Labute approximate surface area is 124 Å². The van der Waals surface area contributed by atoms with Gasteiger partial charge < -0.3 is 10.6 Å². The number of carbonyl (C=O) groups is 1. The first-order valence-electron chi connectivity index (χ1n) is 7.21. The van der Waals surface area contributed by atoms with Crippen LogP contribution in [0.25, 0.3) is 0 Å². The second kappa shape index (κ2) is 6.11. The van der Waals surface area contributed by atoms with Crippen molar-refractivity contribution in [3.63, 3.8) is 0 Å². The maximum atomic E-state index is 12.6. The van der Waals surface area contributed by atoms with Gasteiger partial charge in [-0.25, -0.2) is 0 Å². The van der Waals surface area contributed by atoms with Crippen molar-refractivity contribution in [2.24, 2.45) is 5.92 Å². The number of benzene rings is 1. The minimum atomic E-state index is -0.538. The van der Waals surface area contributed by atoms with Gasteiger partial charge in [-0.05, 0) is 30.9 Å². The lowest BCUT2D eigenvalue weighted by molar-refractivity contribution is -0.385.